The Balaban J connectivity index is 2.03. The number of rotatable bonds is 2. The zero-order valence-electron chi connectivity index (χ0n) is 7.87. The molecule has 2 atom stereocenters. The quantitative estimate of drug-likeness (QED) is 0.820. The SMILES string of the molecule is NC1CCC(O)(Cc2csc(Cl)c2)C1. The van der Waals surface area contributed by atoms with Crippen molar-refractivity contribution in [2.75, 3.05) is 0 Å². The molecule has 0 saturated heterocycles. The van der Waals surface area contributed by atoms with Crippen molar-refractivity contribution in [3.8, 4) is 0 Å². The van der Waals surface area contributed by atoms with Gasteiger partial charge in [0.2, 0.25) is 0 Å². The van der Waals surface area contributed by atoms with Gasteiger partial charge in [-0.15, -0.1) is 11.3 Å². The number of hydrogen-bond donors (Lipinski definition) is 2. The summed E-state index contributed by atoms with van der Waals surface area (Å²) in [6.07, 6.45) is 3.13. The van der Waals surface area contributed by atoms with Crippen LogP contribution in [0, 0.1) is 0 Å². The van der Waals surface area contributed by atoms with Gasteiger partial charge in [-0.2, -0.15) is 0 Å². The fraction of sp³-hybridized carbons (Fsp3) is 0.600. The van der Waals surface area contributed by atoms with Crippen LogP contribution in [0.4, 0.5) is 0 Å². The summed E-state index contributed by atoms with van der Waals surface area (Å²) in [6, 6.07) is 2.09. The van der Waals surface area contributed by atoms with Crippen molar-refractivity contribution in [2.45, 2.75) is 37.3 Å². The predicted molar refractivity (Wildman–Crippen MR) is 59.8 cm³/mol. The van der Waals surface area contributed by atoms with Gasteiger partial charge >= 0.3 is 0 Å². The van der Waals surface area contributed by atoms with E-state index in [4.69, 9.17) is 17.3 Å². The number of thiophene rings is 1. The van der Waals surface area contributed by atoms with E-state index in [2.05, 4.69) is 0 Å². The predicted octanol–water partition coefficient (Wildman–Crippen LogP) is 2.19. The molecule has 0 spiro atoms. The Morgan fingerprint density at radius 3 is 3.00 bits per heavy atom. The van der Waals surface area contributed by atoms with Crippen molar-refractivity contribution in [2.24, 2.45) is 5.73 Å². The highest BCUT2D eigenvalue weighted by molar-refractivity contribution is 7.14. The Kier molecular flexibility index (Phi) is 2.84. The summed E-state index contributed by atoms with van der Waals surface area (Å²) in [4.78, 5) is 0. The second kappa shape index (κ2) is 3.81. The highest BCUT2D eigenvalue weighted by Gasteiger charge is 2.35. The third kappa shape index (κ3) is 2.28. The molecule has 0 aromatic carbocycles. The van der Waals surface area contributed by atoms with Crippen LogP contribution in [0.1, 0.15) is 24.8 Å². The topological polar surface area (TPSA) is 46.2 Å². The van der Waals surface area contributed by atoms with Crippen molar-refractivity contribution in [1.82, 2.24) is 0 Å². The van der Waals surface area contributed by atoms with E-state index < -0.39 is 5.60 Å². The summed E-state index contributed by atoms with van der Waals surface area (Å²) in [5.41, 5.74) is 6.31. The molecule has 1 fully saturated rings. The monoisotopic (exact) mass is 231 g/mol. The van der Waals surface area contributed by atoms with E-state index >= 15 is 0 Å². The molecule has 1 aliphatic carbocycles. The minimum absolute atomic E-state index is 0.161. The molecule has 1 aromatic heterocycles. The van der Waals surface area contributed by atoms with Gasteiger partial charge in [0, 0.05) is 12.5 Å². The zero-order valence-corrected chi connectivity index (χ0v) is 9.44. The maximum atomic E-state index is 10.2. The fourth-order valence-electron chi connectivity index (χ4n) is 2.13. The highest BCUT2D eigenvalue weighted by atomic mass is 35.5. The molecule has 0 radical (unpaired) electrons. The summed E-state index contributed by atoms with van der Waals surface area (Å²) in [5, 5.41) is 12.2. The van der Waals surface area contributed by atoms with E-state index in [9.17, 15) is 5.11 Å². The van der Waals surface area contributed by atoms with E-state index in [0.717, 1.165) is 22.7 Å². The van der Waals surface area contributed by atoms with Gasteiger partial charge in [0.25, 0.3) is 0 Å². The number of hydrogen-bond acceptors (Lipinski definition) is 3. The van der Waals surface area contributed by atoms with Gasteiger partial charge in [-0.3, -0.25) is 0 Å². The van der Waals surface area contributed by atoms with Crippen LogP contribution in [0.25, 0.3) is 0 Å². The first-order chi connectivity index (χ1) is 6.57. The van der Waals surface area contributed by atoms with E-state index in [1.165, 1.54) is 11.3 Å². The van der Waals surface area contributed by atoms with Gasteiger partial charge in [0.1, 0.15) is 0 Å². The van der Waals surface area contributed by atoms with Crippen LogP contribution in [-0.4, -0.2) is 16.7 Å². The molecule has 2 rings (SSSR count). The van der Waals surface area contributed by atoms with Crippen molar-refractivity contribution in [1.29, 1.82) is 0 Å². The van der Waals surface area contributed by atoms with Crippen LogP contribution in [0.15, 0.2) is 11.4 Å². The molecule has 1 heterocycles. The molecular weight excluding hydrogens is 218 g/mol. The van der Waals surface area contributed by atoms with E-state index in [1.54, 1.807) is 0 Å². The molecule has 0 amide bonds. The molecule has 78 valence electrons. The lowest BCUT2D eigenvalue weighted by Gasteiger charge is -2.21. The molecule has 2 unspecified atom stereocenters. The number of halogens is 1. The van der Waals surface area contributed by atoms with Crippen LogP contribution in [0.3, 0.4) is 0 Å². The van der Waals surface area contributed by atoms with Gasteiger partial charge in [-0.25, -0.2) is 0 Å². The standard InChI is InChI=1S/C10H14ClNOS/c11-9-3-7(6-14-9)4-10(13)2-1-8(12)5-10/h3,6,8,13H,1-2,4-5,12H2. The number of aliphatic hydroxyl groups is 1. The van der Waals surface area contributed by atoms with Crippen molar-refractivity contribution in [3.63, 3.8) is 0 Å². The largest absolute Gasteiger partial charge is 0.389 e. The Labute approximate surface area is 92.7 Å². The van der Waals surface area contributed by atoms with Crippen molar-refractivity contribution < 1.29 is 5.11 Å². The first-order valence-corrected chi connectivity index (χ1v) is 6.04. The molecule has 1 saturated carbocycles. The zero-order chi connectivity index (χ0) is 10.2. The number of nitrogens with two attached hydrogens (primary N) is 1. The molecule has 0 aliphatic heterocycles. The first-order valence-electron chi connectivity index (χ1n) is 4.78. The molecule has 2 nitrogen and oxygen atoms in total. The molecule has 1 aromatic rings. The summed E-state index contributed by atoms with van der Waals surface area (Å²) in [6.45, 7) is 0. The lowest BCUT2D eigenvalue weighted by Crippen LogP contribution is -2.30. The molecule has 3 N–H and O–H groups in total. The Morgan fingerprint density at radius 2 is 2.50 bits per heavy atom. The average molecular weight is 232 g/mol. The van der Waals surface area contributed by atoms with Gasteiger partial charge in [-0.1, -0.05) is 11.6 Å². The van der Waals surface area contributed by atoms with Crippen LogP contribution in [-0.2, 0) is 6.42 Å². The molecule has 1 aliphatic rings. The summed E-state index contributed by atoms with van der Waals surface area (Å²) in [7, 11) is 0. The second-order valence-corrected chi connectivity index (χ2v) is 5.71. The maximum absolute atomic E-state index is 10.2. The van der Waals surface area contributed by atoms with Gasteiger partial charge in [0.15, 0.2) is 0 Å². The highest BCUT2D eigenvalue weighted by Crippen LogP contribution is 2.33. The van der Waals surface area contributed by atoms with Crippen LogP contribution in [0.2, 0.25) is 4.34 Å². The smallest absolute Gasteiger partial charge is 0.0931 e. The van der Waals surface area contributed by atoms with Gasteiger partial charge < -0.3 is 10.8 Å². The average Bonchev–Trinajstić information content (AvgIpc) is 2.60. The molecule has 0 bridgehead atoms. The third-order valence-electron chi connectivity index (χ3n) is 2.78. The Hall–Kier alpha value is -0.0900. The lowest BCUT2D eigenvalue weighted by molar-refractivity contribution is 0.0470. The Morgan fingerprint density at radius 1 is 1.71 bits per heavy atom. The molecule has 14 heavy (non-hydrogen) atoms. The minimum atomic E-state index is -0.593. The lowest BCUT2D eigenvalue weighted by atomic mass is 9.94. The van der Waals surface area contributed by atoms with Crippen molar-refractivity contribution in [3.05, 3.63) is 21.3 Å². The third-order valence-corrected chi connectivity index (χ3v) is 3.92. The molecule has 4 heteroatoms. The van der Waals surface area contributed by atoms with Crippen LogP contribution < -0.4 is 5.73 Å². The van der Waals surface area contributed by atoms with Gasteiger partial charge in [-0.05, 0) is 36.3 Å². The Bertz CT molecular complexity index is 328. The first kappa shape index (κ1) is 10.4. The maximum Gasteiger partial charge on any atom is 0.0931 e. The fourth-order valence-corrected chi connectivity index (χ4v) is 3.03. The van der Waals surface area contributed by atoms with E-state index in [0.29, 0.717) is 12.8 Å². The molecular formula is C10H14ClNOS. The van der Waals surface area contributed by atoms with Gasteiger partial charge in [0.05, 0.1) is 9.94 Å². The normalized spacial score (nSPS) is 32.4. The van der Waals surface area contributed by atoms with E-state index in [-0.39, 0.29) is 6.04 Å². The summed E-state index contributed by atoms with van der Waals surface area (Å²) >= 11 is 7.34. The van der Waals surface area contributed by atoms with Crippen molar-refractivity contribution >= 4 is 22.9 Å². The summed E-state index contributed by atoms with van der Waals surface area (Å²) in [5.74, 6) is 0. The van der Waals surface area contributed by atoms with Crippen LogP contribution in [0.5, 0.6) is 0 Å². The minimum Gasteiger partial charge on any atom is -0.389 e. The summed E-state index contributed by atoms with van der Waals surface area (Å²) < 4.78 is 0.783. The second-order valence-electron chi connectivity index (χ2n) is 4.16. The van der Waals surface area contributed by atoms with Crippen LogP contribution >= 0.6 is 22.9 Å². The van der Waals surface area contributed by atoms with E-state index in [1.807, 2.05) is 11.4 Å².